The molecule has 4 heteroatoms. The molecule has 114 valence electrons. The summed E-state index contributed by atoms with van der Waals surface area (Å²) >= 11 is 0. The van der Waals surface area contributed by atoms with Crippen LogP contribution in [0.25, 0.3) is 0 Å². The minimum atomic E-state index is 0.653. The SMILES string of the molecule is CCCNCc1cc(COCC2CCOCC2)c(C)o1. The van der Waals surface area contributed by atoms with Gasteiger partial charge in [-0.3, -0.25) is 0 Å². The van der Waals surface area contributed by atoms with Gasteiger partial charge in [0.1, 0.15) is 11.5 Å². The van der Waals surface area contributed by atoms with Crippen molar-refractivity contribution in [3.8, 4) is 0 Å². The van der Waals surface area contributed by atoms with Crippen LogP contribution in [0.4, 0.5) is 0 Å². The molecule has 0 saturated carbocycles. The van der Waals surface area contributed by atoms with Crippen LogP contribution in [0.2, 0.25) is 0 Å². The Labute approximate surface area is 121 Å². The van der Waals surface area contributed by atoms with Crippen molar-refractivity contribution in [3.63, 3.8) is 0 Å². The summed E-state index contributed by atoms with van der Waals surface area (Å²) in [5, 5.41) is 3.35. The van der Waals surface area contributed by atoms with Crippen LogP contribution in [0.1, 0.15) is 43.3 Å². The van der Waals surface area contributed by atoms with Crippen molar-refractivity contribution in [2.24, 2.45) is 5.92 Å². The van der Waals surface area contributed by atoms with Gasteiger partial charge in [0.05, 0.1) is 19.8 Å². The monoisotopic (exact) mass is 281 g/mol. The Hall–Kier alpha value is -0.840. The lowest BCUT2D eigenvalue weighted by Gasteiger charge is -2.21. The van der Waals surface area contributed by atoms with Crippen LogP contribution >= 0.6 is 0 Å². The third kappa shape index (κ3) is 4.93. The van der Waals surface area contributed by atoms with E-state index in [1.165, 1.54) is 5.56 Å². The van der Waals surface area contributed by atoms with Gasteiger partial charge >= 0.3 is 0 Å². The number of hydrogen-bond donors (Lipinski definition) is 1. The third-order valence-electron chi connectivity index (χ3n) is 3.75. The Morgan fingerprint density at radius 1 is 1.35 bits per heavy atom. The molecule has 4 nitrogen and oxygen atoms in total. The molecule has 1 aromatic heterocycles. The zero-order valence-electron chi connectivity index (χ0n) is 12.7. The first-order chi connectivity index (χ1) is 9.79. The molecule has 1 aliphatic heterocycles. The van der Waals surface area contributed by atoms with Crippen LogP contribution in [-0.2, 0) is 22.6 Å². The molecule has 0 bridgehead atoms. The highest BCUT2D eigenvalue weighted by Crippen LogP contribution is 2.18. The normalized spacial score (nSPS) is 16.7. The van der Waals surface area contributed by atoms with Crippen LogP contribution in [0, 0.1) is 12.8 Å². The number of hydrogen-bond acceptors (Lipinski definition) is 4. The van der Waals surface area contributed by atoms with Crippen LogP contribution < -0.4 is 5.32 Å². The topological polar surface area (TPSA) is 43.6 Å². The molecule has 1 N–H and O–H groups in total. The second-order valence-corrected chi connectivity index (χ2v) is 5.54. The van der Waals surface area contributed by atoms with Crippen LogP contribution in [0.5, 0.6) is 0 Å². The summed E-state index contributed by atoms with van der Waals surface area (Å²) in [6.45, 7) is 9.24. The molecular formula is C16H27NO3. The molecule has 0 atom stereocenters. The largest absolute Gasteiger partial charge is 0.465 e. The van der Waals surface area contributed by atoms with Gasteiger partial charge < -0.3 is 19.2 Å². The van der Waals surface area contributed by atoms with Gasteiger partial charge in [0, 0.05) is 18.8 Å². The highest BCUT2D eigenvalue weighted by Gasteiger charge is 2.14. The fraction of sp³-hybridized carbons (Fsp3) is 0.750. The summed E-state index contributed by atoms with van der Waals surface area (Å²) in [4.78, 5) is 0. The fourth-order valence-electron chi connectivity index (χ4n) is 2.46. The van der Waals surface area contributed by atoms with E-state index in [2.05, 4.69) is 18.3 Å². The molecule has 1 fully saturated rings. The van der Waals surface area contributed by atoms with Gasteiger partial charge in [-0.15, -0.1) is 0 Å². The smallest absolute Gasteiger partial charge is 0.118 e. The lowest BCUT2D eigenvalue weighted by Crippen LogP contribution is -2.20. The standard InChI is InChI=1S/C16H27NO3/c1-3-6-17-10-16-9-15(13(2)20-16)12-19-11-14-4-7-18-8-5-14/h9,14,17H,3-8,10-12H2,1-2H3. The quantitative estimate of drug-likeness (QED) is 0.744. The van der Waals surface area contributed by atoms with Crippen molar-refractivity contribution >= 4 is 0 Å². The first kappa shape index (κ1) is 15.5. The van der Waals surface area contributed by atoms with E-state index in [0.29, 0.717) is 12.5 Å². The lowest BCUT2D eigenvalue weighted by molar-refractivity contribution is 0.0155. The first-order valence-electron chi connectivity index (χ1n) is 7.74. The van der Waals surface area contributed by atoms with E-state index >= 15 is 0 Å². The molecule has 1 saturated heterocycles. The summed E-state index contributed by atoms with van der Waals surface area (Å²) in [7, 11) is 0. The zero-order chi connectivity index (χ0) is 14.2. The maximum Gasteiger partial charge on any atom is 0.118 e. The summed E-state index contributed by atoms with van der Waals surface area (Å²) in [6, 6.07) is 2.11. The third-order valence-corrected chi connectivity index (χ3v) is 3.75. The van der Waals surface area contributed by atoms with Crippen LogP contribution in [-0.4, -0.2) is 26.4 Å². The maximum absolute atomic E-state index is 5.84. The van der Waals surface area contributed by atoms with Crippen LogP contribution in [0.15, 0.2) is 10.5 Å². The minimum Gasteiger partial charge on any atom is -0.465 e. The molecule has 1 aromatic rings. The van der Waals surface area contributed by atoms with Gasteiger partial charge in [-0.05, 0) is 44.7 Å². The molecule has 20 heavy (non-hydrogen) atoms. The van der Waals surface area contributed by atoms with E-state index in [9.17, 15) is 0 Å². The highest BCUT2D eigenvalue weighted by molar-refractivity contribution is 5.19. The number of rotatable bonds is 8. The predicted molar refractivity (Wildman–Crippen MR) is 78.6 cm³/mol. The van der Waals surface area contributed by atoms with E-state index < -0.39 is 0 Å². The summed E-state index contributed by atoms with van der Waals surface area (Å²) < 4.78 is 16.9. The zero-order valence-corrected chi connectivity index (χ0v) is 12.7. The van der Waals surface area contributed by atoms with E-state index in [1.807, 2.05) is 6.92 Å². The van der Waals surface area contributed by atoms with Gasteiger partial charge in [-0.25, -0.2) is 0 Å². The Morgan fingerprint density at radius 2 is 2.15 bits per heavy atom. The Kier molecular flexibility index (Phi) is 6.57. The molecular weight excluding hydrogens is 254 g/mol. The second-order valence-electron chi connectivity index (χ2n) is 5.54. The molecule has 0 amide bonds. The number of aryl methyl sites for hydroxylation is 1. The summed E-state index contributed by atoms with van der Waals surface area (Å²) in [5.74, 6) is 2.63. The van der Waals surface area contributed by atoms with E-state index in [1.54, 1.807) is 0 Å². The maximum atomic E-state index is 5.84. The molecule has 0 spiro atoms. The average Bonchev–Trinajstić information content (AvgIpc) is 2.81. The molecule has 2 heterocycles. The molecule has 0 unspecified atom stereocenters. The van der Waals surface area contributed by atoms with Gasteiger partial charge in [-0.2, -0.15) is 0 Å². The van der Waals surface area contributed by atoms with Gasteiger partial charge in [0.15, 0.2) is 0 Å². The first-order valence-corrected chi connectivity index (χ1v) is 7.74. The van der Waals surface area contributed by atoms with Crippen molar-refractivity contribution in [1.82, 2.24) is 5.32 Å². The Balaban J connectivity index is 1.71. The Morgan fingerprint density at radius 3 is 2.90 bits per heavy atom. The number of nitrogens with one attached hydrogen (secondary N) is 1. The van der Waals surface area contributed by atoms with E-state index in [-0.39, 0.29) is 0 Å². The Bertz CT molecular complexity index is 383. The predicted octanol–water partition coefficient (Wildman–Crippen LogP) is 3.03. The van der Waals surface area contributed by atoms with Crippen LogP contribution in [0.3, 0.4) is 0 Å². The molecule has 2 rings (SSSR count). The summed E-state index contributed by atoms with van der Waals surface area (Å²) in [5.41, 5.74) is 1.17. The molecule has 0 radical (unpaired) electrons. The van der Waals surface area contributed by atoms with Crippen molar-refractivity contribution in [3.05, 3.63) is 23.2 Å². The number of ether oxygens (including phenoxy) is 2. The van der Waals surface area contributed by atoms with E-state index in [0.717, 1.165) is 63.7 Å². The van der Waals surface area contributed by atoms with E-state index in [4.69, 9.17) is 13.9 Å². The van der Waals surface area contributed by atoms with Crippen molar-refractivity contribution in [2.75, 3.05) is 26.4 Å². The van der Waals surface area contributed by atoms with Crippen molar-refractivity contribution < 1.29 is 13.9 Å². The van der Waals surface area contributed by atoms with Crippen molar-refractivity contribution in [2.45, 2.75) is 46.3 Å². The fourth-order valence-corrected chi connectivity index (χ4v) is 2.46. The number of furan rings is 1. The molecule has 1 aliphatic rings. The minimum absolute atomic E-state index is 0.653. The second kappa shape index (κ2) is 8.45. The highest BCUT2D eigenvalue weighted by atomic mass is 16.5. The molecule has 0 aliphatic carbocycles. The van der Waals surface area contributed by atoms with Gasteiger partial charge in [-0.1, -0.05) is 6.92 Å². The van der Waals surface area contributed by atoms with Crippen molar-refractivity contribution in [1.29, 1.82) is 0 Å². The average molecular weight is 281 g/mol. The molecule has 0 aromatic carbocycles. The van der Waals surface area contributed by atoms with Gasteiger partial charge in [0.25, 0.3) is 0 Å². The lowest BCUT2D eigenvalue weighted by atomic mass is 10.0. The summed E-state index contributed by atoms with van der Waals surface area (Å²) in [6.07, 6.45) is 3.38. The van der Waals surface area contributed by atoms with Gasteiger partial charge in [0.2, 0.25) is 0 Å².